The Hall–Kier alpha value is -1.40. The summed E-state index contributed by atoms with van der Waals surface area (Å²) in [6, 6.07) is 6.40. The highest BCUT2D eigenvalue weighted by Crippen LogP contribution is 2.28. The fraction of sp³-hybridized carbons (Fsp3) is 0.611. The summed E-state index contributed by atoms with van der Waals surface area (Å²) in [5.74, 6) is 1.35. The summed E-state index contributed by atoms with van der Waals surface area (Å²) in [4.78, 5) is 14.8. The molecule has 2 fully saturated rings. The summed E-state index contributed by atoms with van der Waals surface area (Å²) in [6.45, 7) is 6.26. The van der Waals surface area contributed by atoms with E-state index in [9.17, 15) is 13.2 Å². The summed E-state index contributed by atoms with van der Waals surface area (Å²) >= 11 is 0. The molecule has 5 nitrogen and oxygen atoms in total. The van der Waals surface area contributed by atoms with Crippen molar-refractivity contribution < 1.29 is 13.2 Å². The number of carbonyl (C=O) groups is 1. The van der Waals surface area contributed by atoms with Crippen molar-refractivity contribution in [3.63, 3.8) is 0 Å². The fourth-order valence-electron chi connectivity index (χ4n) is 3.44. The topological polar surface area (TPSA) is 66.5 Å². The van der Waals surface area contributed by atoms with Crippen LogP contribution in [0.1, 0.15) is 43.5 Å². The lowest BCUT2D eigenvalue weighted by Crippen LogP contribution is -2.42. The predicted molar refractivity (Wildman–Crippen MR) is 93.2 cm³/mol. The monoisotopic (exact) mass is 350 g/mol. The number of hydrogen-bond acceptors (Lipinski definition) is 3. The Morgan fingerprint density at radius 1 is 1.21 bits per heavy atom. The van der Waals surface area contributed by atoms with Crippen LogP contribution in [0.5, 0.6) is 0 Å². The molecule has 0 radical (unpaired) electrons. The third kappa shape index (κ3) is 4.16. The van der Waals surface area contributed by atoms with Crippen LogP contribution in [0.4, 0.5) is 0 Å². The Labute approximate surface area is 144 Å². The molecule has 3 rings (SSSR count). The first-order valence-electron chi connectivity index (χ1n) is 8.74. The minimum Gasteiger partial charge on any atom is -0.338 e. The molecule has 132 valence electrons. The summed E-state index contributed by atoms with van der Waals surface area (Å²) < 4.78 is 27.4. The molecule has 0 aromatic heterocycles. The molecule has 2 aliphatic rings. The Kier molecular flexibility index (Phi) is 4.97. The molecule has 6 heteroatoms. The number of amides is 1. The molecule has 1 saturated carbocycles. The minimum absolute atomic E-state index is 0.0763. The molecular formula is C18H26N2O3S. The number of benzene rings is 1. The lowest BCUT2D eigenvalue weighted by molar-refractivity contribution is 0.0623. The van der Waals surface area contributed by atoms with Gasteiger partial charge in [0.15, 0.2) is 0 Å². The molecule has 2 atom stereocenters. The van der Waals surface area contributed by atoms with Crippen LogP contribution in [0.15, 0.2) is 29.2 Å². The van der Waals surface area contributed by atoms with E-state index in [0.29, 0.717) is 29.9 Å². The van der Waals surface area contributed by atoms with Crippen LogP contribution in [-0.2, 0) is 10.0 Å². The summed E-state index contributed by atoms with van der Waals surface area (Å²) in [5, 5.41) is 0. The van der Waals surface area contributed by atoms with Gasteiger partial charge in [0.1, 0.15) is 0 Å². The summed E-state index contributed by atoms with van der Waals surface area (Å²) in [7, 11) is -3.54. The highest BCUT2D eigenvalue weighted by atomic mass is 32.2. The van der Waals surface area contributed by atoms with Crippen LogP contribution in [0.25, 0.3) is 0 Å². The Balaban J connectivity index is 1.75. The van der Waals surface area contributed by atoms with Crippen molar-refractivity contribution in [3.05, 3.63) is 29.8 Å². The maximum atomic E-state index is 12.8. The van der Waals surface area contributed by atoms with Gasteiger partial charge in [-0.05, 0) is 55.2 Å². The van der Waals surface area contributed by atoms with Gasteiger partial charge in [0.05, 0.1) is 4.90 Å². The molecule has 1 aromatic carbocycles. The molecule has 1 heterocycles. The van der Waals surface area contributed by atoms with Crippen LogP contribution in [-0.4, -0.2) is 38.9 Å². The zero-order valence-electron chi connectivity index (χ0n) is 14.4. The molecular weight excluding hydrogens is 324 g/mol. The SMILES string of the molecule is C[C@@H]1C[C@H](C)CN(C(=O)c2cccc(S(=O)(=O)NCC3CC3)c2)C1. The van der Waals surface area contributed by atoms with Crippen molar-refractivity contribution in [1.82, 2.24) is 9.62 Å². The average Bonchev–Trinajstić information content (AvgIpc) is 3.36. The molecule has 0 unspecified atom stereocenters. The van der Waals surface area contributed by atoms with Gasteiger partial charge in [-0.1, -0.05) is 19.9 Å². The van der Waals surface area contributed by atoms with E-state index < -0.39 is 10.0 Å². The van der Waals surface area contributed by atoms with Crippen molar-refractivity contribution >= 4 is 15.9 Å². The highest BCUT2D eigenvalue weighted by molar-refractivity contribution is 7.89. The molecule has 1 N–H and O–H groups in total. The molecule has 1 aromatic rings. The van der Waals surface area contributed by atoms with E-state index in [1.807, 2.05) is 4.90 Å². The molecule has 1 amide bonds. The quantitative estimate of drug-likeness (QED) is 0.887. The second kappa shape index (κ2) is 6.84. The number of carbonyl (C=O) groups excluding carboxylic acids is 1. The zero-order valence-corrected chi connectivity index (χ0v) is 15.2. The van der Waals surface area contributed by atoms with Crippen LogP contribution >= 0.6 is 0 Å². The number of rotatable bonds is 5. The van der Waals surface area contributed by atoms with Gasteiger partial charge in [0.2, 0.25) is 10.0 Å². The van der Waals surface area contributed by atoms with E-state index in [1.165, 1.54) is 6.07 Å². The predicted octanol–water partition coefficient (Wildman–Crippen LogP) is 2.49. The Bertz CT molecular complexity index is 703. The highest BCUT2D eigenvalue weighted by Gasteiger charge is 2.28. The normalized spacial score (nSPS) is 24.8. The first-order valence-corrected chi connectivity index (χ1v) is 10.2. The number of nitrogens with one attached hydrogen (secondary N) is 1. The lowest BCUT2D eigenvalue weighted by Gasteiger charge is -2.35. The summed E-state index contributed by atoms with van der Waals surface area (Å²) in [6.07, 6.45) is 3.31. The van der Waals surface area contributed by atoms with Gasteiger partial charge in [-0.25, -0.2) is 13.1 Å². The first kappa shape index (κ1) is 17.4. The standard InChI is InChI=1S/C18H26N2O3S/c1-13-8-14(2)12-20(11-13)18(21)16-4-3-5-17(9-16)24(22,23)19-10-15-6-7-15/h3-5,9,13-15,19H,6-8,10-12H2,1-2H3/t13-,14+. The molecule has 0 spiro atoms. The third-order valence-electron chi connectivity index (χ3n) is 4.81. The maximum absolute atomic E-state index is 12.8. The minimum atomic E-state index is -3.54. The van der Waals surface area contributed by atoms with Crippen molar-refractivity contribution in [2.45, 2.75) is 38.0 Å². The Morgan fingerprint density at radius 2 is 1.88 bits per heavy atom. The van der Waals surface area contributed by atoms with Gasteiger partial charge in [0.25, 0.3) is 5.91 Å². The number of nitrogens with zero attached hydrogens (tertiary/aromatic N) is 1. The lowest BCUT2D eigenvalue weighted by atomic mass is 9.91. The van der Waals surface area contributed by atoms with Crippen molar-refractivity contribution in [3.8, 4) is 0 Å². The van der Waals surface area contributed by atoms with Crippen molar-refractivity contribution in [1.29, 1.82) is 0 Å². The molecule has 0 bridgehead atoms. The number of sulfonamides is 1. The number of likely N-dealkylation sites (tertiary alicyclic amines) is 1. The van der Waals surface area contributed by atoms with Crippen LogP contribution in [0.2, 0.25) is 0 Å². The second-order valence-electron chi connectivity index (χ2n) is 7.48. The number of piperidine rings is 1. The zero-order chi connectivity index (χ0) is 17.3. The van der Waals surface area contributed by atoms with E-state index >= 15 is 0 Å². The molecule has 1 aliphatic carbocycles. The van der Waals surface area contributed by atoms with Crippen molar-refractivity contribution in [2.24, 2.45) is 17.8 Å². The average molecular weight is 350 g/mol. The van der Waals surface area contributed by atoms with Gasteiger partial charge in [-0.2, -0.15) is 0 Å². The summed E-state index contributed by atoms with van der Waals surface area (Å²) in [5.41, 5.74) is 0.450. The van der Waals surface area contributed by atoms with Crippen LogP contribution in [0.3, 0.4) is 0 Å². The van der Waals surface area contributed by atoms with Crippen LogP contribution < -0.4 is 4.72 Å². The van der Waals surface area contributed by atoms with E-state index in [-0.39, 0.29) is 10.8 Å². The van der Waals surface area contributed by atoms with Gasteiger partial charge < -0.3 is 4.90 Å². The maximum Gasteiger partial charge on any atom is 0.253 e. The fourth-order valence-corrected chi connectivity index (χ4v) is 4.60. The van der Waals surface area contributed by atoms with Crippen molar-refractivity contribution in [2.75, 3.05) is 19.6 Å². The van der Waals surface area contributed by atoms with E-state index in [1.54, 1.807) is 18.2 Å². The molecule has 24 heavy (non-hydrogen) atoms. The van der Waals surface area contributed by atoms with Gasteiger partial charge in [-0.15, -0.1) is 0 Å². The first-order chi connectivity index (χ1) is 11.3. The number of hydrogen-bond donors (Lipinski definition) is 1. The van der Waals surface area contributed by atoms with Gasteiger partial charge >= 0.3 is 0 Å². The van der Waals surface area contributed by atoms with E-state index in [4.69, 9.17) is 0 Å². The molecule has 1 saturated heterocycles. The van der Waals surface area contributed by atoms with Crippen LogP contribution in [0, 0.1) is 17.8 Å². The third-order valence-corrected chi connectivity index (χ3v) is 6.23. The smallest absolute Gasteiger partial charge is 0.253 e. The molecule has 1 aliphatic heterocycles. The van der Waals surface area contributed by atoms with Gasteiger partial charge in [-0.3, -0.25) is 4.79 Å². The van der Waals surface area contributed by atoms with E-state index in [0.717, 1.165) is 32.4 Å². The van der Waals surface area contributed by atoms with E-state index in [2.05, 4.69) is 18.6 Å². The Morgan fingerprint density at radius 3 is 2.50 bits per heavy atom. The second-order valence-corrected chi connectivity index (χ2v) is 9.25. The van der Waals surface area contributed by atoms with Gasteiger partial charge in [0, 0.05) is 25.2 Å². The largest absolute Gasteiger partial charge is 0.338 e.